The highest BCUT2D eigenvalue weighted by atomic mass is 16.5. The molecule has 0 aliphatic heterocycles. The average molecular weight is 230 g/mol. The van der Waals surface area contributed by atoms with Gasteiger partial charge >= 0.3 is 5.97 Å². The van der Waals surface area contributed by atoms with Crippen molar-refractivity contribution < 1.29 is 14.3 Å². The van der Waals surface area contributed by atoms with E-state index in [-0.39, 0.29) is 23.8 Å². The van der Waals surface area contributed by atoms with Gasteiger partial charge in [0.05, 0.1) is 13.0 Å². The van der Waals surface area contributed by atoms with Gasteiger partial charge in [0.15, 0.2) is 0 Å². The molecule has 0 aromatic carbocycles. The molecule has 0 aromatic heterocycles. The Morgan fingerprint density at radius 2 is 1.94 bits per heavy atom. The summed E-state index contributed by atoms with van der Waals surface area (Å²) in [5.74, 6) is -0.427. The third-order valence-corrected chi connectivity index (χ3v) is 2.66. The molecular formula is C11H22N2O3. The molecule has 2 unspecified atom stereocenters. The van der Waals surface area contributed by atoms with E-state index in [0.717, 1.165) is 0 Å². The van der Waals surface area contributed by atoms with Crippen molar-refractivity contribution in [3.63, 3.8) is 0 Å². The van der Waals surface area contributed by atoms with Gasteiger partial charge in [0.2, 0.25) is 5.91 Å². The number of esters is 1. The van der Waals surface area contributed by atoms with Crippen molar-refractivity contribution in [2.75, 3.05) is 20.7 Å². The summed E-state index contributed by atoms with van der Waals surface area (Å²) in [7, 11) is 3.08. The van der Waals surface area contributed by atoms with Crippen LogP contribution in [0.5, 0.6) is 0 Å². The van der Waals surface area contributed by atoms with E-state index in [0.29, 0.717) is 19.4 Å². The molecule has 0 spiro atoms. The van der Waals surface area contributed by atoms with Crippen LogP contribution in [-0.2, 0) is 14.3 Å². The van der Waals surface area contributed by atoms with Crippen LogP contribution in [0.3, 0.4) is 0 Å². The number of rotatable bonds is 6. The molecule has 2 atom stereocenters. The van der Waals surface area contributed by atoms with Gasteiger partial charge in [0.25, 0.3) is 0 Å². The van der Waals surface area contributed by atoms with Crippen molar-refractivity contribution in [3.05, 3.63) is 0 Å². The second-order valence-electron chi connectivity index (χ2n) is 4.09. The Morgan fingerprint density at radius 1 is 1.38 bits per heavy atom. The molecular weight excluding hydrogens is 208 g/mol. The van der Waals surface area contributed by atoms with Crippen molar-refractivity contribution in [1.82, 2.24) is 4.90 Å². The van der Waals surface area contributed by atoms with Crippen molar-refractivity contribution in [1.29, 1.82) is 0 Å². The van der Waals surface area contributed by atoms with Crippen LogP contribution >= 0.6 is 0 Å². The molecule has 0 aliphatic carbocycles. The van der Waals surface area contributed by atoms with Gasteiger partial charge < -0.3 is 15.4 Å². The fraction of sp³-hybridized carbons (Fsp3) is 0.818. The lowest BCUT2D eigenvalue weighted by Crippen LogP contribution is -2.40. The molecule has 0 saturated carbocycles. The highest BCUT2D eigenvalue weighted by Gasteiger charge is 2.20. The number of nitrogens with two attached hydrogens (primary N) is 1. The highest BCUT2D eigenvalue weighted by molar-refractivity contribution is 5.78. The maximum absolute atomic E-state index is 11.8. The van der Waals surface area contributed by atoms with Crippen molar-refractivity contribution in [2.45, 2.75) is 32.7 Å². The summed E-state index contributed by atoms with van der Waals surface area (Å²) in [6, 6.07) is -0.157. The van der Waals surface area contributed by atoms with Gasteiger partial charge in [-0.1, -0.05) is 6.92 Å². The Kier molecular flexibility index (Phi) is 6.72. The van der Waals surface area contributed by atoms with Crippen LogP contribution in [0.1, 0.15) is 26.7 Å². The molecule has 5 heteroatoms. The summed E-state index contributed by atoms with van der Waals surface area (Å²) in [6.45, 7) is 4.17. The molecule has 0 bridgehead atoms. The first-order valence-electron chi connectivity index (χ1n) is 5.47. The molecule has 16 heavy (non-hydrogen) atoms. The Balaban J connectivity index is 3.93. The third-order valence-electron chi connectivity index (χ3n) is 2.66. The minimum atomic E-state index is -0.249. The number of ether oxygens (including phenoxy) is 1. The first-order chi connectivity index (χ1) is 7.40. The van der Waals surface area contributed by atoms with Crippen LogP contribution in [-0.4, -0.2) is 43.5 Å². The number of carbonyl (C=O) groups is 2. The van der Waals surface area contributed by atoms with Gasteiger partial charge in [-0.05, 0) is 13.3 Å². The number of nitrogens with zero attached hydrogens (tertiary/aromatic N) is 1. The molecule has 1 amide bonds. The summed E-state index contributed by atoms with van der Waals surface area (Å²) < 4.78 is 4.52. The van der Waals surface area contributed by atoms with E-state index in [9.17, 15) is 9.59 Å². The van der Waals surface area contributed by atoms with Crippen molar-refractivity contribution in [3.8, 4) is 0 Å². The monoisotopic (exact) mass is 230 g/mol. The predicted molar refractivity (Wildman–Crippen MR) is 61.7 cm³/mol. The third kappa shape index (κ3) is 5.11. The second kappa shape index (κ2) is 7.22. The lowest BCUT2D eigenvalue weighted by atomic mass is 10.0. The first kappa shape index (κ1) is 14.9. The summed E-state index contributed by atoms with van der Waals surface area (Å²) in [5, 5.41) is 0. The summed E-state index contributed by atoms with van der Waals surface area (Å²) in [5.41, 5.74) is 5.65. The summed E-state index contributed by atoms with van der Waals surface area (Å²) in [4.78, 5) is 24.2. The maximum Gasteiger partial charge on any atom is 0.305 e. The highest BCUT2D eigenvalue weighted by Crippen LogP contribution is 2.05. The van der Waals surface area contributed by atoms with Crippen LogP contribution in [0, 0.1) is 5.92 Å². The molecule has 0 aromatic rings. The molecule has 0 rings (SSSR count). The smallest absolute Gasteiger partial charge is 0.305 e. The lowest BCUT2D eigenvalue weighted by molar-refractivity contribution is -0.141. The molecule has 0 radical (unpaired) electrons. The number of carbonyl (C=O) groups excluding carboxylic acids is 2. The van der Waals surface area contributed by atoms with E-state index in [1.54, 1.807) is 11.9 Å². The topological polar surface area (TPSA) is 72.6 Å². The maximum atomic E-state index is 11.8. The van der Waals surface area contributed by atoms with Gasteiger partial charge in [-0.15, -0.1) is 0 Å². The zero-order chi connectivity index (χ0) is 12.7. The molecule has 94 valence electrons. The lowest BCUT2D eigenvalue weighted by Gasteiger charge is -2.23. The Morgan fingerprint density at radius 3 is 2.38 bits per heavy atom. The number of hydrogen-bond acceptors (Lipinski definition) is 4. The van der Waals surface area contributed by atoms with Crippen LogP contribution in [0.2, 0.25) is 0 Å². The van der Waals surface area contributed by atoms with Gasteiger partial charge in [0, 0.05) is 26.1 Å². The molecule has 0 fully saturated rings. The quantitative estimate of drug-likeness (QED) is 0.670. The van der Waals surface area contributed by atoms with E-state index in [1.165, 1.54) is 7.11 Å². The van der Waals surface area contributed by atoms with Gasteiger partial charge in [-0.3, -0.25) is 9.59 Å². The molecule has 0 saturated heterocycles. The number of hydrogen-bond donors (Lipinski definition) is 1. The van der Waals surface area contributed by atoms with Gasteiger partial charge in [-0.2, -0.15) is 0 Å². The van der Waals surface area contributed by atoms with Crippen LogP contribution in [0.25, 0.3) is 0 Å². The van der Waals surface area contributed by atoms with Crippen LogP contribution in [0.4, 0.5) is 0 Å². The molecule has 2 N–H and O–H groups in total. The van der Waals surface area contributed by atoms with Crippen LogP contribution in [0.15, 0.2) is 0 Å². The fourth-order valence-corrected chi connectivity index (χ4v) is 1.25. The van der Waals surface area contributed by atoms with Crippen molar-refractivity contribution in [2.24, 2.45) is 11.7 Å². The van der Waals surface area contributed by atoms with Gasteiger partial charge in [0.1, 0.15) is 0 Å². The largest absolute Gasteiger partial charge is 0.469 e. The standard InChI is InChI=1S/C11H22N2O3/c1-8(9(2)12)11(15)13(3)7-5-6-10(14)16-4/h8-9H,5-7,12H2,1-4H3. The minimum Gasteiger partial charge on any atom is -0.469 e. The van der Waals surface area contributed by atoms with E-state index in [4.69, 9.17) is 5.73 Å². The van der Waals surface area contributed by atoms with Gasteiger partial charge in [-0.25, -0.2) is 0 Å². The Hall–Kier alpha value is -1.10. The zero-order valence-electron chi connectivity index (χ0n) is 10.5. The van der Waals surface area contributed by atoms with Crippen LogP contribution < -0.4 is 5.73 Å². The number of amides is 1. The summed E-state index contributed by atoms with van der Waals surface area (Å²) in [6.07, 6.45) is 0.946. The SMILES string of the molecule is COC(=O)CCCN(C)C(=O)C(C)C(C)N. The molecule has 0 aliphatic rings. The first-order valence-corrected chi connectivity index (χ1v) is 5.47. The minimum absolute atomic E-state index is 0.0138. The average Bonchev–Trinajstić information content (AvgIpc) is 2.26. The normalized spacial score (nSPS) is 14.1. The van der Waals surface area contributed by atoms with E-state index < -0.39 is 0 Å². The van der Waals surface area contributed by atoms with E-state index >= 15 is 0 Å². The Labute approximate surface area is 96.9 Å². The fourth-order valence-electron chi connectivity index (χ4n) is 1.25. The number of methoxy groups -OCH3 is 1. The summed E-state index contributed by atoms with van der Waals surface area (Å²) >= 11 is 0. The molecule has 0 heterocycles. The van der Waals surface area contributed by atoms with E-state index in [1.807, 2.05) is 13.8 Å². The molecule has 5 nitrogen and oxygen atoms in total. The predicted octanol–water partition coefficient (Wildman–Crippen LogP) is 0.381. The zero-order valence-corrected chi connectivity index (χ0v) is 10.5. The van der Waals surface area contributed by atoms with Crippen molar-refractivity contribution >= 4 is 11.9 Å². The Bertz CT molecular complexity index is 241. The second-order valence-corrected chi connectivity index (χ2v) is 4.09. The van der Waals surface area contributed by atoms with E-state index in [2.05, 4.69) is 4.74 Å².